The quantitative estimate of drug-likeness (QED) is 0.763. The molecule has 2 aliphatic rings. The predicted octanol–water partition coefficient (Wildman–Crippen LogP) is 2.21. The van der Waals surface area contributed by atoms with E-state index < -0.39 is 0 Å². The largest absolute Gasteiger partial charge is 0.463 e. The Hall–Kier alpha value is -2.10. The molecule has 1 amide bonds. The molecule has 0 aliphatic carbocycles. The number of esters is 1. The normalized spacial score (nSPS) is 17.3. The van der Waals surface area contributed by atoms with Crippen LogP contribution in [0.5, 0.6) is 0 Å². The van der Waals surface area contributed by atoms with Crippen LogP contribution >= 0.6 is 0 Å². The summed E-state index contributed by atoms with van der Waals surface area (Å²) in [7, 11) is 0. The summed E-state index contributed by atoms with van der Waals surface area (Å²) in [5.74, 6) is -0.307. The van der Waals surface area contributed by atoms with E-state index in [9.17, 15) is 9.59 Å². The van der Waals surface area contributed by atoms with Gasteiger partial charge in [0.15, 0.2) is 0 Å². The van der Waals surface area contributed by atoms with E-state index in [0.717, 1.165) is 17.7 Å². The number of nitrogens with zero attached hydrogens (tertiary/aromatic N) is 1. The molecule has 0 saturated heterocycles. The summed E-state index contributed by atoms with van der Waals surface area (Å²) in [5.41, 5.74) is 2.92. The third-order valence-electron chi connectivity index (χ3n) is 3.54. The molecule has 1 aromatic rings. The molecule has 3 rings (SSSR count). The fourth-order valence-corrected chi connectivity index (χ4v) is 2.76. The molecule has 98 valence electrons. The zero-order valence-corrected chi connectivity index (χ0v) is 10.8. The lowest BCUT2D eigenvalue weighted by molar-refractivity contribution is -0.138. The molecule has 4 nitrogen and oxygen atoms in total. The van der Waals surface area contributed by atoms with E-state index in [-0.39, 0.29) is 11.9 Å². The first-order chi connectivity index (χ1) is 9.24. The number of ether oxygens (including phenoxy) is 1. The van der Waals surface area contributed by atoms with Gasteiger partial charge in [0.1, 0.15) is 0 Å². The second-order valence-electron chi connectivity index (χ2n) is 4.65. The van der Waals surface area contributed by atoms with Gasteiger partial charge >= 0.3 is 5.97 Å². The fraction of sp³-hybridized carbons (Fsp3) is 0.333. The number of fused-ring (bicyclic) bond motifs is 3. The van der Waals surface area contributed by atoms with Crippen molar-refractivity contribution in [2.24, 2.45) is 0 Å². The first kappa shape index (κ1) is 12.0. The van der Waals surface area contributed by atoms with E-state index in [1.54, 1.807) is 11.8 Å². The van der Waals surface area contributed by atoms with Gasteiger partial charge in [-0.1, -0.05) is 18.2 Å². The van der Waals surface area contributed by atoms with Crippen molar-refractivity contribution in [2.45, 2.75) is 19.8 Å². The van der Waals surface area contributed by atoms with Crippen LogP contribution in [0.25, 0.3) is 5.70 Å². The summed E-state index contributed by atoms with van der Waals surface area (Å²) < 4.78 is 5.11. The van der Waals surface area contributed by atoms with Gasteiger partial charge < -0.3 is 9.64 Å². The van der Waals surface area contributed by atoms with Crippen LogP contribution < -0.4 is 0 Å². The van der Waals surface area contributed by atoms with E-state index >= 15 is 0 Å². The SMILES string of the molecule is CCOC(=O)C1=C2c3ccccc3C(=O)N2CCC1. The van der Waals surface area contributed by atoms with Gasteiger partial charge in [0.05, 0.1) is 17.9 Å². The van der Waals surface area contributed by atoms with Crippen molar-refractivity contribution < 1.29 is 14.3 Å². The molecule has 0 spiro atoms. The number of hydrogen-bond donors (Lipinski definition) is 0. The van der Waals surface area contributed by atoms with E-state index in [2.05, 4.69) is 0 Å². The second kappa shape index (κ2) is 4.53. The van der Waals surface area contributed by atoms with Crippen LogP contribution in [0.4, 0.5) is 0 Å². The fourth-order valence-electron chi connectivity index (χ4n) is 2.76. The van der Waals surface area contributed by atoms with Crippen molar-refractivity contribution in [3.05, 3.63) is 41.0 Å². The topological polar surface area (TPSA) is 46.6 Å². The van der Waals surface area contributed by atoms with Crippen molar-refractivity contribution in [2.75, 3.05) is 13.2 Å². The van der Waals surface area contributed by atoms with Gasteiger partial charge in [-0.25, -0.2) is 4.79 Å². The van der Waals surface area contributed by atoms with E-state index in [1.165, 1.54) is 0 Å². The Balaban J connectivity index is 2.16. The predicted molar refractivity (Wildman–Crippen MR) is 70.3 cm³/mol. The van der Waals surface area contributed by atoms with E-state index in [0.29, 0.717) is 30.7 Å². The van der Waals surface area contributed by atoms with Gasteiger partial charge in [0, 0.05) is 17.7 Å². The van der Waals surface area contributed by atoms with Crippen LogP contribution in [0.1, 0.15) is 35.7 Å². The zero-order valence-electron chi connectivity index (χ0n) is 10.8. The van der Waals surface area contributed by atoms with Crippen LogP contribution in [0.2, 0.25) is 0 Å². The van der Waals surface area contributed by atoms with Crippen molar-refractivity contribution in [1.29, 1.82) is 0 Å². The Morgan fingerprint density at radius 3 is 2.79 bits per heavy atom. The van der Waals surface area contributed by atoms with Gasteiger partial charge in [0.2, 0.25) is 0 Å². The monoisotopic (exact) mass is 257 g/mol. The molecule has 4 heteroatoms. The van der Waals surface area contributed by atoms with E-state index in [4.69, 9.17) is 4.74 Å². The Kier molecular flexibility index (Phi) is 2.85. The Bertz CT molecular complexity index is 589. The molecule has 0 fully saturated rings. The smallest absolute Gasteiger partial charge is 0.336 e. The summed E-state index contributed by atoms with van der Waals surface area (Å²) >= 11 is 0. The van der Waals surface area contributed by atoms with Gasteiger partial charge in [-0.05, 0) is 25.8 Å². The first-order valence-corrected chi connectivity index (χ1v) is 6.55. The van der Waals surface area contributed by atoms with Crippen molar-refractivity contribution >= 4 is 17.6 Å². The first-order valence-electron chi connectivity index (χ1n) is 6.55. The van der Waals surface area contributed by atoms with Gasteiger partial charge in [-0.3, -0.25) is 4.79 Å². The van der Waals surface area contributed by atoms with Gasteiger partial charge in [-0.15, -0.1) is 0 Å². The molecule has 0 atom stereocenters. The minimum absolute atomic E-state index is 0.00732. The number of rotatable bonds is 2. The van der Waals surface area contributed by atoms with Crippen LogP contribution in [0.15, 0.2) is 29.8 Å². The molecule has 0 N–H and O–H groups in total. The van der Waals surface area contributed by atoms with Crippen LogP contribution in [0, 0.1) is 0 Å². The van der Waals surface area contributed by atoms with Crippen molar-refractivity contribution in [3.63, 3.8) is 0 Å². The maximum Gasteiger partial charge on any atom is 0.336 e. The maximum absolute atomic E-state index is 12.3. The highest BCUT2D eigenvalue weighted by Crippen LogP contribution is 2.39. The molecule has 2 heterocycles. The molecule has 0 aromatic heterocycles. The second-order valence-corrected chi connectivity index (χ2v) is 4.65. The third kappa shape index (κ3) is 1.75. The van der Waals surface area contributed by atoms with Crippen molar-refractivity contribution in [3.8, 4) is 0 Å². The summed E-state index contributed by atoms with van der Waals surface area (Å²) in [4.78, 5) is 26.0. The maximum atomic E-state index is 12.3. The third-order valence-corrected chi connectivity index (χ3v) is 3.54. The zero-order chi connectivity index (χ0) is 13.4. The Morgan fingerprint density at radius 2 is 2.05 bits per heavy atom. The highest BCUT2D eigenvalue weighted by Gasteiger charge is 2.37. The van der Waals surface area contributed by atoms with Crippen LogP contribution in [0.3, 0.4) is 0 Å². The molecular formula is C15H15NO3. The number of benzene rings is 1. The highest BCUT2D eigenvalue weighted by molar-refractivity contribution is 6.13. The molecule has 2 aliphatic heterocycles. The van der Waals surface area contributed by atoms with Crippen LogP contribution in [-0.4, -0.2) is 29.9 Å². The molecule has 0 radical (unpaired) electrons. The lowest BCUT2D eigenvalue weighted by Crippen LogP contribution is -2.30. The molecule has 19 heavy (non-hydrogen) atoms. The minimum Gasteiger partial charge on any atom is -0.463 e. The average Bonchev–Trinajstić information content (AvgIpc) is 2.73. The minimum atomic E-state index is -0.299. The van der Waals surface area contributed by atoms with Crippen molar-refractivity contribution in [1.82, 2.24) is 4.90 Å². The van der Waals surface area contributed by atoms with Gasteiger partial charge in [0.25, 0.3) is 5.91 Å². The number of amides is 1. The molecule has 0 unspecified atom stereocenters. The van der Waals surface area contributed by atoms with Crippen LogP contribution in [-0.2, 0) is 9.53 Å². The summed E-state index contributed by atoms with van der Waals surface area (Å²) in [6.07, 6.45) is 1.48. The lowest BCUT2D eigenvalue weighted by Gasteiger charge is -2.26. The van der Waals surface area contributed by atoms with E-state index in [1.807, 2.05) is 24.3 Å². The van der Waals surface area contributed by atoms with Gasteiger partial charge in [-0.2, -0.15) is 0 Å². The summed E-state index contributed by atoms with van der Waals surface area (Å²) in [6.45, 7) is 2.81. The molecule has 0 saturated carbocycles. The molecular weight excluding hydrogens is 242 g/mol. The number of carbonyl (C=O) groups is 2. The Morgan fingerprint density at radius 1 is 1.32 bits per heavy atom. The number of carbonyl (C=O) groups excluding carboxylic acids is 2. The lowest BCUT2D eigenvalue weighted by atomic mass is 9.99. The summed E-state index contributed by atoms with van der Waals surface area (Å²) in [6, 6.07) is 7.44. The standard InChI is InChI=1S/C15H15NO3/c1-2-19-15(18)12-8-5-9-16-13(12)10-6-3-4-7-11(10)14(16)17/h3-4,6-7H,2,5,8-9H2,1H3. The molecule has 1 aromatic carbocycles. The molecule has 0 bridgehead atoms. The Labute approximate surface area is 111 Å². The number of hydrogen-bond acceptors (Lipinski definition) is 3. The highest BCUT2D eigenvalue weighted by atomic mass is 16.5. The summed E-state index contributed by atoms with van der Waals surface area (Å²) in [5, 5.41) is 0. The average molecular weight is 257 g/mol.